The summed E-state index contributed by atoms with van der Waals surface area (Å²) in [4.78, 5) is 36.1. The largest absolute Gasteiger partial charge is 0.417 e. The first-order valence-electron chi connectivity index (χ1n) is 9.98. The molecule has 30 heavy (non-hydrogen) atoms. The fourth-order valence-corrected chi connectivity index (χ4v) is 3.61. The second-order valence-electron chi connectivity index (χ2n) is 8.91. The minimum Gasteiger partial charge on any atom is -0.417 e. The summed E-state index contributed by atoms with van der Waals surface area (Å²) in [5.74, 6) is -2.22. The highest BCUT2D eigenvalue weighted by molar-refractivity contribution is 6.74. The van der Waals surface area contributed by atoms with Gasteiger partial charge in [-0.15, -0.1) is 0 Å². The zero-order valence-electron chi connectivity index (χ0n) is 18.7. The van der Waals surface area contributed by atoms with Crippen molar-refractivity contribution in [2.45, 2.75) is 70.8 Å². The average molecular weight is 440 g/mol. The summed E-state index contributed by atoms with van der Waals surface area (Å²) in [5, 5.41) is 5.09. The number of nitrogens with one attached hydrogen (secondary N) is 2. The van der Waals surface area contributed by atoms with E-state index in [1.807, 2.05) is 0 Å². The maximum Gasteiger partial charge on any atom is 0.243 e. The van der Waals surface area contributed by atoms with Gasteiger partial charge in [0.25, 0.3) is 0 Å². The van der Waals surface area contributed by atoms with Gasteiger partial charge in [0.15, 0.2) is 8.32 Å². The maximum atomic E-state index is 14.0. The second-order valence-corrected chi connectivity index (χ2v) is 13.7. The molecule has 0 unspecified atom stereocenters. The van der Waals surface area contributed by atoms with Crippen molar-refractivity contribution in [2.24, 2.45) is 5.73 Å². The number of hydrogen-bond donors (Lipinski definition) is 3. The molecule has 0 aliphatic heterocycles. The average Bonchev–Trinajstić information content (AvgIpc) is 2.60. The molecule has 0 heterocycles. The molecule has 4 N–H and O–H groups in total. The van der Waals surface area contributed by atoms with Gasteiger partial charge in [-0.2, -0.15) is 0 Å². The van der Waals surface area contributed by atoms with Gasteiger partial charge in [-0.1, -0.05) is 39.0 Å². The van der Waals surface area contributed by atoms with Crippen LogP contribution in [0.3, 0.4) is 0 Å². The summed E-state index contributed by atoms with van der Waals surface area (Å²) in [5.41, 5.74) is 5.73. The lowest BCUT2D eigenvalue weighted by molar-refractivity contribution is -0.131. The van der Waals surface area contributed by atoms with Crippen LogP contribution in [0, 0.1) is 5.82 Å². The van der Waals surface area contributed by atoms with Gasteiger partial charge in [0, 0.05) is 20.0 Å². The third-order valence-corrected chi connectivity index (χ3v) is 9.95. The zero-order valence-corrected chi connectivity index (χ0v) is 19.7. The van der Waals surface area contributed by atoms with E-state index >= 15 is 0 Å². The minimum absolute atomic E-state index is 0.00866. The van der Waals surface area contributed by atoms with Crippen LogP contribution in [-0.2, 0) is 25.2 Å². The Morgan fingerprint density at radius 1 is 1.13 bits per heavy atom. The molecule has 2 atom stereocenters. The van der Waals surface area contributed by atoms with Crippen molar-refractivity contribution in [3.05, 3.63) is 35.6 Å². The van der Waals surface area contributed by atoms with Crippen LogP contribution >= 0.6 is 0 Å². The molecule has 168 valence electrons. The van der Waals surface area contributed by atoms with Gasteiger partial charge in [0.05, 0.1) is 0 Å². The van der Waals surface area contributed by atoms with E-state index in [1.54, 1.807) is 6.07 Å². The van der Waals surface area contributed by atoms with Crippen molar-refractivity contribution in [1.29, 1.82) is 0 Å². The number of carbonyl (C=O) groups excluding carboxylic acids is 3. The number of carbonyl (C=O) groups is 3. The van der Waals surface area contributed by atoms with Gasteiger partial charge >= 0.3 is 0 Å². The Balaban J connectivity index is 2.83. The third-order valence-electron chi connectivity index (χ3n) is 5.41. The fraction of sp³-hybridized carbons (Fsp3) is 0.571. The number of rotatable bonds is 10. The lowest BCUT2D eigenvalue weighted by Gasteiger charge is -2.36. The third kappa shape index (κ3) is 7.87. The topological polar surface area (TPSA) is 111 Å². The van der Waals surface area contributed by atoms with Crippen molar-refractivity contribution in [3.63, 3.8) is 0 Å². The molecule has 0 fully saturated rings. The van der Waals surface area contributed by atoms with Crippen molar-refractivity contribution in [3.8, 4) is 0 Å². The Hall–Kier alpha value is -2.26. The number of hydrogen-bond acceptors (Lipinski definition) is 4. The Morgan fingerprint density at radius 2 is 1.73 bits per heavy atom. The minimum atomic E-state index is -2.01. The first-order valence-corrected chi connectivity index (χ1v) is 12.9. The van der Waals surface area contributed by atoms with E-state index in [0.29, 0.717) is 0 Å². The number of amides is 3. The number of nitrogens with two attached hydrogens (primary N) is 1. The van der Waals surface area contributed by atoms with Crippen LogP contribution < -0.4 is 16.4 Å². The summed E-state index contributed by atoms with van der Waals surface area (Å²) in [6.45, 7) is 12.0. The maximum absolute atomic E-state index is 14.0. The Labute approximate surface area is 179 Å². The summed E-state index contributed by atoms with van der Waals surface area (Å²) in [7, 11) is -2.01. The molecular formula is C21H34FN3O4Si. The lowest BCUT2D eigenvalue weighted by Crippen LogP contribution is -2.54. The number of primary amides is 1. The van der Waals surface area contributed by atoms with Crippen LogP contribution in [-0.4, -0.2) is 44.7 Å². The van der Waals surface area contributed by atoms with Gasteiger partial charge in [-0.05, 0) is 36.2 Å². The standard InChI is InChI=1S/C21H34FN3O4Si/c1-14(26)24-18(13-15-9-7-8-10-16(15)22)20(28)25-17(19(23)27)11-12-29-30(5,6)21(2,3)4/h7-10,17-18H,11-13H2,1-6H3,(H2,23,27)(H,24,26)(H,25,28)/t17-,18+/m0/s1. The Morgan fingerprint density at radius 3 is 2.23 bits per heavy atom. The quantitative estimate of drug-likeness (QED) is 0.486. The molecule has 0 saturated heterocycles. The van der Waals surface area contributed by atoms with E-state index in [4.69, 9.17) is 10.2 Å². The molecule has 0 spiro atoms. The highest BCUT2D eigenvalue weighted by atomic mass is 28.4. The molecular weight excluding hydrogens is 405 g/mol. The van der Waals surface area contributed by atoms with Crippen LogP contribution in [0.5, 0.6) is 0 Å². The lowest BCUT2D eigenvalue weighted by atomic mass is 10.0. The first kappa shape index (κ1) is 25.8. The van der Waals surface area contributed by atoms with Crippen LogP contribution in [0.2, 0.25) is 18.1 Å². The van der Waals surface area contributed by atoms with Gasteiger partial charge < -0.3 is 20.8 Å². The van der Waals surface area contributed by atoms with Crippen molar-refractivity contribution in [2.75, 3.05) is 6.61 Å². The van der Waals surface area contributed by atoms with Crippen LogP contribution in [0.25, 0.3) is 0 Å². The summed E-state index contributed by atoms with van der Waals surface area (Å²) < 4.78 is 20.0. The molecule has 0 radical (unpaired) electrons. The van der Waals surface area contributed by atoms with Gasteiger partial charge in [-0.25, -0.2) is 4.39 Å². The molecule has 1 aromatic carbocycles. The summed E-state index contributed by atoms with van der Waals surface area (Å²) >= 11 is 0. The summed E-state index contributed by atoms with van der Waals surface area (Å²) in [6, 6.07) is 4.00. The molecule has 7 nitrogen and oxygen atoms in total. The second kappa shape index (κ2) is 10.7. The highest BCUT2D eigenvalue weighted by Gasteiger charge is 2.37. The molecule has 0 aromatic heterocycles. The number of benzene rings is 1. The van der Waals surface area contributed by atoms with Crippen molar-refractivity contribution >= 4 is 26.0 Å². The molecule has 0 bridgehead atoms. The molecule has 9 heteroatoms. The van der Waals surface area contributed by atoms with Crippen LogP contribution in [0.1, 0.15) is 39.7 Å². The molecule has 1 rings (SSSR count). The molecule has 3 amide bonds. The predicted octanol–water partition coefficient (Wildman–Crippen LogP) is 2.25. The van der Waals surface area contributed by atoms with E-state index in [2.05, 4.69) is 44.5 Å². The highest BCUT2D eigenvalue weighted by Crippen LogP contribution is 2.36. The predicted molar refractivity (Wildman–Crippen MR) is 117 cm³/mol. The van der Waals surface area contributed by atoms with Crippen LogP contribution in [0.4, 0.5) is 4.39 Å². The number of halogens is 1. The molecule has 0 aliphatic rings. The van der Waals surface area contributed by atoms with Gasteiger partial charge in [-0.3, -0.25) is 14.4 Å². The molecule has 1 aromatic rings. The summed E-state index contributed by atoms with van der Waals surface area (Å²) in [6.07, 6.45) is 0.157. The van der Waals surface area contributed by atoms with Crippen molar-refractivity contribution < 1.29 is 23.2 Å². The van der Waals surface area contributed by atoms with E-state index in [9.17, 15) is 18.8 Å². The fourth-order valence-electron chi connectivity index (χ4n) is 2.54. The normalized spacial score (nSPS) is 14.0. The SMILES string of the molecule is CC(=O)N[C@H](Cc1ccccc1F)C(=O)N[C@@H](CCO[Si](C)(C)C(C)(C)C)C(N)=O. The first-order chi connectivity index (χ1) is 13.7. The zero-order chi connectivity index (χ0) is 23.1. The van der Waals surface area contributed by atoms with Gasteiger partial charge in [0.1, 0.15) is 17.9 Å². The Kier molecular flexibility index (Phi) is 9.17. The monoisotopic (exact) mass is 439 g/mol. The molecule has 0 saturated carbocycles. The molecule has 0 aliphatic carbocycles. The Bertz CT molecular complexity index is 765. The van der Waals surface area contributed by atoms with E-state index in [0.717, 1.165) is 0 Å². The van der Waals surface area contributed by atoms with Crippen molar-refractivity contribution in [1.82, 2.24) is 10.6 Å². The van der Waals surface area contributed by atoms with E-state index < -0.39 is 43.9 Å². The smallest absolute Gasteiger partial charge is 0.243 e. The van der Waals surface area contributed by atoms with E-state index in [1.165, 1.54) is 25.1 Å². The van der Waals surface area contributed by atoms with E-state index in [-0.39, 0.29) is 30.1 Å². The van der Waals surface area contributed by atoms with Gasteiger partial charge in [0.2, 0.25) is 17.7 Å². The van der Waals surface area contributed by atoms with Crippen LogP contribution in [0.15, 0.2) is 24.3 Å².